The van der Waals surface area contributed by atoms with E-state index in [2.05, 4.69) is 26.6 Å². The van der Waals surface area contributed by atoms with Gasteiger partial charge in [-0.2, -0.15) is 5.10 Å². The Morgan fingerprint density at radius 1 is 1.17 bits per heavy atom. The molecule has 2 aromatic carbocycles. The third-order valence-corrected chi connectivity index (χ3v) is 5.34. The number of rotatable bonds is 3. The lowest BCUT2D eigenvalue weighted by Crippen LogP contribution is -2.18. The van der Waals surface area contributed by atoms with Gasteiger partial charge in [-0.05, 0) is 36.6 Å². The Labute approximate surface area is 166 Å². The zero-order chi connectivity index (χ0) is 20.1. The Morgan fingerprint density at radius 2 is 2.03 bits per heavy atom. The van der Waals surface area contributed by atoms with Crippen LogP contribution in [0.3, 0.4) is 0 Å². The van der Waals surface area contributed by atoms with Crippen molar-refractivity contribution < 1.29 is 4.79 Å². The maximum Gasteiger partial charge on any atom is 0.269 e. The molecule has 0 saturated heterocycles. The van der Waals surface area contributed by atoms with Gasteiger partial charge < -0.3 is 16.8 Å². The van der Waals surface area contributed by atoms with Crippen molar-refractivity contribution in [3.8, 4) is 22.6 Å². The number of nitrogens with two attached hydrogens (primary N) is 2. The van der Waals surface area contributed by atoms with E-state index in [0.717, 1.165) is 46.2 Å². The number of carbonyl (C=O) groups is 1. The average Bonchev–Trinajstić information content (AvgIpc) is 3.37. The molecule has 2 aromatic heterocycles. The second-order valence-corrected chi connectivity index (χ2v) is 7.13. The van der Waals surface area contributed by atoms with Crippen molar-refractivity contribution in [2.24, 2.45) is 5.73 Å². The van der Waals surface area contributed by atoms with Crippen LogP contribution in [0.25, 0.3) is 33.5 Å². The molecular weight excluding hydrogens is 366 g/mol. The molecule has 0 spiro atoms. The van der Waals surface area contributed by atoms with Gasteiger partial charge in [0.05, 0.1) is 23.1 Å². The Bertz CT molecular complexity index is 1290. The molecule has 0 unspecified atom stereocenters. The summed E-state index contributed by atoms with van der Waals surface area (Å²) in [6.07, 6.45) is 2.66. The van der Waals surface area contributed by atoms with E-state index in [1.807, 2.05) is 31.2 Å². The molecular formula is C21H19N7O. The van der Waals surface area contributed by atoms with E-state index in [0.29, 0.717) is 11.5 Å². The minimum Gasteiger partial charge on any atom is -0.395 e. The normalized spacial score (nSPS) is 12.7. The summed E-state index contributed by atoms with van der Waals surface area (Å²) in [5.41, 5.74) is 18.2. The van der Waals surface area contributed by atoms with Gasteiger partial charge in [-0.25, -0.2) is 9.97 Å². The van der Waals surface area contributed by atoms with Gasteiger partial charge in [-0.15, -0.1) is 0 Å². The first-order valence-electron chi connectivity index (χ1n) is 9.31. The number of hydrogen-bond acceptors (Lipinski definition) is 6. The predicted octanol–water partition coefficient (Wildman–Crippen LogP) is 2.64. The van der Waals surface area contributed by atoms with Gasteiger partial charge in [-0.3, -0.25) is 9.89 Å². The molecule has 4 aromatic rings. The molecule has 0 atom stereocenters. The van der Waals surface area contributed by atoms with E-state index in [4.69, 9.17) is 16.5 Å². The number of aromatic nitrogens is 4. The maximum absolute atomic E-state index is 12.1. The number of amides is 1. The molecule has 5 rings (SSSR count). The molecule has 1 aliphatic heterocycles. The number of nitrogens with zero attached hydrogens (tertiary/aromatic N) is 3. The number of nitrogens with one attached hydrogen (secondary N) is 2. The van der Waals surface area contributed by atoms with Crippen LogP contribution < -0.4 is 16.8 Å². The first-order chi connectivity index (χ1) is 14.0. The number of fused-ring (bicyclic) bond motifs is 2. The van der Waals surface area contributed by atoms with E-state index in [1.54, 1.807) is 6.20 Å². The molecule has 0 fully saturated rings. The van der Waals surface area contributed by atoms with Crippen molar-refractivity contribution in [1.29, 1.82) is 0 Å². The lowest BCUT2D eigenvalue weighted by Gasteiger charge is -2.15. The Balaban J connectivity index is 1.84. The summed E-state index contributed by atoms with van der Waals surface area (Å²) in [4.78, 5) is 21.4. The molecule has 1 amide bonds. The largest absolute Gasteiger partial charge is 0.395 e. The molecule has 6 N–H and O–H groups in total. The number of primary amides is 1. The quantitative estimate of drug-likeness (QED) is 0.428. The SMILES string of the molecule is Cc1ccc2[nH]ncc2c1-c1nc(-c2cccc3c2NCC3)nc(C(N)=O)c1N. The highest BCUT2D eigenvalue weighted by Crippen LogP contribution is 2.38. The zero-order valence-corrected chi connectivity index (χ0v) is 15.8. The average molecular weight is 385 g/mol. The second kappa shape index (κ2) is 6.30. The first-order valence-corrected chi connectivity index (χ1v) is 9.31. The molecule has 144 valence electrons. The molecule has 29 heavy (non-hydrogen) atoms. The van der Waals surface area contributed by atoms with Crippen LogP contribution in [0.1, 0.15) is 21.6 Å². The molecule has 8 heteroatoms. The van der Waals surface area contributed by atoms with E-state index in [1.165, 1.54) is 5.56 Å². The van der Waals surface area contributed by atoms with Crippen LogP contribution in [0.15, 0.2) is 36.5 Å². The van der Waals surface area contributed by atoms with Crippen molar-refractivity contribution in [1.82, 2.24) is 20.2 Å². The number of nitrogen functional groups attached to an aromatic ring is 1. The van der Waals surface area contributed by atoms with Crippen LogP contribution in [-0.2, 0) is 6.42 Å². The van der Waals surface area contributed by atoms with Crippen molar-refractivity contribution in [3.05, 3.63) is 53.3 Å². The van der Waals surface area contributed by atoms with Gasteiger partial charge >= 0.3 is 0 Å². The predicted molar refractivity (Wildman–Crippen MR) is 112 cm³/mol. The van der Waals surface area contributed by atoms with Crippen LogP contribution in [-0.4, -0.2) is 32.6 Å². The fraction of sp³-hybridized carbons (Fsp3) is 0.143. The summed E-state index contributed by atoms with van der Waals surface area (Å²) < 4.78 is 0. The third-order valence-electron chi connectivity index (χ3n) is 5.34. The van der Waals surface area contributed by atoms with Gasteiger partial charge in [0.1, 0.15) is 0 Å². The summed E-state index contributed by atoms with van der Waals surface area (Å²) in [5, 5.41) is 11.3. The summed E-state index contributed by atoms with van der Waals surface area (Å²) in [6, 6.07) is 9.88. The first kappa shape index (κ1) is 17.2. The highest BCUT2D eigenvalue weighted by Gasteiger charge is 2.23. The summed E-state index contributed by atoms with van der Waals surface area (Å²) >= 11 is 0. The zero-order valence-electron chi connectivity index (χ0n) is 15.8. The van der Waals surface area contributed by atoms with Crippen LogP contribution in [0, 0.1) is 6.92 Å². The Hall–Kier alpha value is -3.94. The molecule has 1 aliphatic rings. The van der Waals surface area contributed by atoms with Crippen molar-refractivity contribution in [2.75, 3.05) is 17.6 Å². The lowest BCUT2D eigenvalue weighted by molar-refractivity contribution is 0.0996. The van der Waals surface area contributed by atoms with Gasteiger partial charge in [0, 0.05) is 28.7 Å². The van der Waals surface area contributed by atoms with Crippen LogP contribution in [0.4, 0.5) is 11.4 Å². The molecule has 3 heterocycles. The topological polar surface area (TPSA) is 136 Å². The molecule has 0 saturated carbocycles. The summed E-state index contributed by atoms with van der Waals surface area (Å²) in [6.45, 7) is 2.82. The van der Waals surface area contributed by atoms with Gasteiger partial charge in [0.25, 0.3) is 5.91 Å². The van der Waals surface area contributed by atoms with Crippen LogP contribution >= 0.6 is 0 Å². The fourth-order valence-electron chi connectivity index (χ4n) is 3.93. The Morgan fingerprint density at radius 3 is 2.86 bits per heavy atom. The van der Waals surface area contributed by atoms with E-state index < -0.39 is 5.91 Å². The van der Waals surface area contributed by atoms with Crippen LogP contribution in [0.5, 0.6) is 0 Å². The van der Waals surface area contributed by atoms with E-state index in [-0.39, 0.29) is 11.4 Å². The summed E-state index contributed by atoms with van der Waals surface area (Å²) in [7, 11) is 0. The number of para-hydroxylation sites is 1. The number of aromatic amines is 1. The van der Waals surface area contributed by atoms with Crippen molar-refractivity contribution in [3.63, 3.8) is 0 Å². The van der Waals surface area contributed by atoms with E-state index >= 15 is 0 Å². The lowest BCUT2D eigenvalue weighted by atomic mass is 9.98. The minimum atomic E-state index is -0.690. The van der Waals surface area contributed by atoms with Crippen molar-refractivity contribution >= 4 is 28.2 Å². The summed E-state index contributed by atoms with van der Waals surface area (Å²) in [5.74, 6) is -0.279. The smallest absolute Gasteiger partial charge is 0.269 e. The number of hydrogen-bond donors (Lipinski definition) is 4. The number of H-pyrrole nitrogens is 1. The third kappa shape index (κ3) is 2.60. The number of benzene rings is 2. The fourth-order valence-corrected chi connectivity index (χ4v) is 3.93. The number of carbonyl (C=O) groups excluding carboxylic acids is 1. The minimum absolute atomic E-state index is 0.0143. The van der Waals surface area contributed by atoms with Crippen LogP contribution in [0.2, 0.25) is 0 Å². The number of anilines is 2. The monoisotopic (exact) mass is 385 g/mol. The van der Waals surface area contributed by atoms with Gasteiger partial charge in [0.2, 0.25) is 0 Å². The molecule has 0 radical (unpaired) electrons. The maximum atomic E-state index is 12.1. The van der Waals surface area contributed by atoms with Crippen molar-refractivity contribution in [2.45, 2.75) is 13.3 Å². The molecule has 8 nitrogen and oxygen atoms in total. The standard InChI is InChI=1S/C21H19N7O/c1-10-5-6-14-13(9-25-28-14)15(10)18-16(22)19(20(23)29)27-21(26-18)12-4-2-3-11-7-8-24-17(11)12/h2-6,9,24H,7-8,22H2,1H3,(H2,23,29)(H,25,28). The van der Waals surface area contributed by atoms with Gasteiger partial charge in [0.15, 0.2) is 11.5 Å². The Kier molecular flexibility index (Phi) is 3.73. The van der Waals surface area contributed by atoms with Gasteiger partial charge in [-0.1, -0.05) is 18.2 Å². The molecule has 0 aliphatic carbocycles. The number of aryl methyl sites for hydroxylation is 1. The molecule has 0 bridgehead atoms. The second-order valence-electron chi connectivity index (χ2n) is 7.13. The highest BCUT2D eigenvalue weighted by atomic mass is 16.1. The highest BCUT2D eigenvalue weighted by molar-refractivity contribution is 6.04. The van der Waals surface area contributed by atoms with E-state index in [9.17, 15) is 4.79 Å².